The van der Waals surface area contributed by atoms with Crippen molar-refractivity contribution in [3.05, 3.63) is 21.2 Å². The van der Waals surface area contributed by atoms with Crippen molar-refractivity contribution in [2.45, 2.75) is 0 Å². The standard InChI is InChI=1S/C5HBrCl2N4/c6-2-1-12-4(9-2)3(7)10-5(8)11-12/h1H. The van der Waals surface area contributed by atoms with Gasteiger partial charge in [0, 0.05) is 0 Å². The molecule has 0 saturated carbocycles. The largest absolute Gasteiger partial charge is 0.242 e. The molecule has 0 aliphatic rings. The number of rotatable bonds is 0. The number of nitrogens with zero attached hydrogens (tertiary/aromatic N) is 4. The van der Waals surface area contributed by atoms with Crippen molar-refractivity contribution in [2.75, 3.05) is 0 Å². The highest BCUT2D eigenvalue weighted by Crippen LogP contribution is 2.17. The lowest BCUT2D eigenvalue weighted by atomic mass is 10.8. The Morgan fingerprint density at radius 3 is 2.83 bits per heavy atom. The lowest BCUT2D eigenvalue weighted by molar-refractivity contribution is 0.898. The van der Waals surface area contributed by atoms with E-state index < -0.39 is 0 Å². The molecule has 2 aromatic rings. The third kappa shape index (κ3) is 1.28. The maximum atomic E-state index is 5.74. The summed E-state index contributed by atoms with van der Waals surface area (Å²) in [5.41, 5.74) is 0.480. The quantitative estimate of drug-likeness (QED) is 0.735. The Labute approximate surface area is 85.7 Å². The summed E-state index contributed by atoms with van der Waals surface area (Å²) in [6, 6.07) is 0. The highest BCUT2D eigenvalue weighted by atomic mass is 79.9. The average Bonchev–Trinajstić information content (AvgIpc) is 2.29. The zero-order chi connectivity index (χ0) is 8.72. The van der Waals surface area contributed by atoms with Crippen molar-refractivity contribution in [3.63, 3.8) is 0 Å². The number of hydrogen-bond acceptors (Lipinski definition) is 3. The molecule has 0 aliphatic carbocycles. The molecule has 2 heterocycles. The van der Waals surface area contributed by atoms with E-state index in [1.165, 1.54) is 4.52 Å². The first-order chi connectivity index (χ1) is 5.66. The molecule has 0 aliphatic heterocycles. The van der Waals surface area contributed by atoms with Gasteiger partial charge in [-0.15, -0.1) is 5.10 Å². The van der Waals surface area contributed by atoms with E-state index >= 15 is 0 Å². The summed E-state index contributed by atoms with van der Waals surface area (Å²) in [5, 5.41) is 4.18. The first-order valence-electron chi connectivity index (χ1n) is 2.91. The SMILES string of the molecule is Clc1nc(Cl)c2nc(Br)cn2n1. The van der Waals surface area contributed by atoms with Crippen molar-refractivity contribution in [1.29, 1.82) is 0 Å². The van der Waals surface area contributed by atoms with E-state index in [0.29, 0.717) is 10.3 Å². The Bertz CT molecular complexity index is 440. The minimum atomic E-state index is 0.0948. The predicted molar refractivity (Wildman–Crippen MR) is 48.5 cm³/mol. The second-order valence-electron chi connectivity index (χ2n) is 2.00. The van der Waals surface area contributed by atoms with Crippen molar-refractivity contribution in [1.82, 2.24) is 19.6 Å². The van der Waals surface area contributed by atoms with Crippen LogP contribution in [0.3, 0.4) is 0 Å². The molecule has 7 heteroatoms. The molecule has 0 fully saturated rings. The summed E-state index contributed by atoms with van der Waals surface area (Å²) in [7, 11) is 0. The summed E-state index contributed by atoms with van der Waals surface area (Å²) in [6.07, 6.45) is 1.65. The van der Waals surface area contributed by atoms with E-state index in [2.05, 4.69) is 31.0 Å². The van der Waals surface area contributed by atoms with Crippen LogP contribution in [-0.2, 0) is 0 Å². The molecular formula is C5HBrCl2N4. The fourth-order valence-electron chi connectivity index (χ4n) is 0.802. The monoisotopic (exact) mass is 266 g/mol. The molecular weight excluding hydrogens is 267 g/mol. The van der Waals surface area contributed by atoms with Crippen molar-refractivity contribution >= 4 is 44.8 Å². The molecule has 0 radical (unpaired) electrons. The fraction of sp³-hybridized carbons (Fsp3) is 0. The minimum absolute atomic E-state index is 0.0948. The zero-order valence-electron chi connectivity index (χ0n) is 5.50. The van der Waals surface area contributed by atoms with Gasteiger partial charge in [-0.1, -0.05) is 11.6 Å². The number of aromatic nitrogens is 4. The number of imidazole rings is 1. The summed E-state index contributed by atoms with van der Waals surface area (Å²) in [4.78, 5) is 7.75. The van der Waals surface area contributed by atoms with Crippen LogP contribution in [0.25, 0.3) is 5.65 Å². The topological polar surface area (TPSA) is 43.1 Å². The van der Waals surface area contributed by atoms with Gasteiger partial charge in [-0.25, -0.2) is 14.5 Å². The molecule has 2 aromatic heterocycles. The second-order valence-corrected chi connectivity index (χ2v) is 3.51. The predicted octanol–water partition coefficient (Wildman–Crippen LogP) is 2.19. The van der Waals surface area contributed by atoms with E-state index in [1.807, 2.05) is 0 Å². The summed E-state index contributed by atoms with van der Waals surface area (Å²) in [6.45, 7) is 0. The maximum Gasteiger partial charge on any atom is 0.242 e. The first kappa shape index (κ1) is 8.22. The zero-order valence-corrected chi connectivity index (χ0v) is 8.60. The summed E-state index contributed by atoms with van der Waals surface area (Å²) >= 11 is 14.5. The van der Waals surface area contributed by atoms with E-state index in [-0.39, 0.29) is 10.4 Å². The van der Waals surface area contributed by atoms with Gasteiger partial charge in [0.15, 0.2) is 10.8 Å². The van der Waals surface area contributed by atoms with E-state index in [1.54, 1.807) is 6.20 Å². The molecule has 2 rings (SSSR count). The highest BCUT2D eigenvalue weighted by molar-refractivity contribution is 9.10. The third-order valence-corrected chi connectivity index (χ3v) is 2.02. The van der Waals surface area contributed by atoms with Crippen LogP contribution in [0.15, 0.2) is 10.8 Å². The van der Waals surface area contributed by atoms with Gasteiger partial charge >= 0.3 is 0 Å². The van der Waals surface area contributed by atoms with E-state index in [0.717, 1.165) is 0 Å². The highest BCUT2D eigenvalue weighted by Gasteiger charge is 2.06. The Morgan fingerprint density at radius 1 is 1.33 bits per heavy atom. The minimum Gasteiger partial charge on any atom is -0.217 e. The molecule has 0 unspecified atom stereocenters. The summed E-state index contributed by atoms with van der Waals surface area (Å²) in [5.74, 6) is 0. The fourth-order valence-corrected chi connectivity index (χ4v) is 1.58. The molecule has 0 aromatic carbocycles. The number of halogens is 3. The van der Waals surface area contributed by atoms with Gasteiger partial charge in [0.05, 0.1) is 6.20 Å². The number of fused-ring (bicyclic) bond motifs is 1. The molecule has 0 saturated heterocycles. The van der Waals surface area contributed by atoms with Gasteiger partial charge in [-0.3, -0.25) is 0 Å². The molecule has 4 nitrogen and oxygen atoms in total. The van der Waals surface area contributed by atoms with Gasteiger partial charge in [0.1, 0.15) is 4.60 Å². The molecule has 0 bridgehead atoms. The van der Waals surface area contributed by atoms with Crippen LogP contribution < -0.4 is 0 Å². The average molecular weight is 268 g/mol. The van der Waals surface area contributed by atoms with E-state index in [9.17, 15) is 0 Å². The maximum absolute atomic E-state index is 5.74. The first-order valence-corrected chi connectivity index (χ1v) is 4.45. The molecule has 0 N–H and O–H groups in total. The Hall–Kier alpha value is -0.390. The van der Waals surface area contributed by atoms with E-state index in [4.69, 9.17) is 23.2 Å². The number of hydrogen-bond donors (Lipinski definition) is 0. The molecule has 0 spiro atoms. The van der Waals surface area contributed by atoms with Crippen molar-refractivity contribution < 1.29 is 0 Å². The van der Waals surface area contributed by atoms with Crippen molar-refractivity contribution in [2.24, 2.45) is 0 Å². The van der Waals surface area contributed by atoms with Gasteiger partial charge in [-0.2, -0.15) is 0 Å². The molecule has 12 heavy (non-hydrogen) atoms. The van der Waals surface area contributed by atoms with Crippen LogP contribution in [0.2, 0.25) is 10.4 Å². The van der Waals surface area contributed by atoms with Crippen LogP contribution in [0.4, 0.5) is 0 Å². The summed E-state index contributed by atoms with van der Waals surface area (Å²) < 4.78 is 2.10. The molecule has 62 valence electrons. The van der Waals surface area contributed by atoms with Crippen LogP contribution >= 0.6 is 39.1 Å². The normalized spacial score (nSPS) is 10.9. The van der Waals surface area contributed by atoms with Gasteiger partial charge in [-0.05, 0) is 27.5 Å². The van der Waals surface area contributed by atoms with Gasteiger partial charge in [0.2, 0.25) is 5.28 Å². The Kier molecular flexibility index (Phi) is 1.94. The van der Waals surface area contributed by atoms with Crippen LogP contribution in [-0.4, -0.2) is 19.6 Å². The lowest BCUT2D eigenvalue weighted by Crippen LogP contribution is -1.94. The Balaban J connectivity index is 2.88. The van der Waals surface area contributed by atoms with Gasteiger partial charge < -0.3 is 0 Å². The van der Waals surface area contributed by atoms with Crippen LogP contribution in [0.1, 0.15) is 0 Å². The third-order valence-electron chi connectivity index (χ3n) is 1.22. The van der Waals surface area contributed by atoms with Crippen LogP contribution in [0, 0.1) is 0 Å². The van der Waals surface area contributed by atoms with Crippen LogP contribution in [0.5, 0.6) is 0 Å². The van der Waals surface area contributed by atoms with Crippen molar-refractivity contribution in [3.8, 4) is 0 Å². The smallest absolute Gasteiger partial charge is 0.217 e. The molecule has 0 atom stereocenters. The lowest BCUT2D eigenvalue weighted by Gasteiger charge is -1.93. The molecule has 0 amide bonds. The second kappa shape index (κ2) is 2.83. The van der Waals surface area contributed by atoms with Gasteiger partial charge in [0.25, 0.3) is 0 Å². The Morgan fingerprint density at radius 2 is 2.08 bits per heavy atom.